The van der Waals surface area contributed by atoms with Gasteiger partial charge in [-0.1, -0.05) is 43.3 Å². The van der Waals surface area contributed by atoms with E-state index in [1.54, 1.807) is 30.6 Å². The van der Waals surface area contributed by atoms with E-state index in [2.05, 4.69) is 34.6 Å². The molecule has 20 heavy (non-hydrogen) atoms. The zero-order chi connectivity index (χ0) is 14.2. The lowest BCUT2D eigenvalue weighted by atomic mass is 9.98. The highest BCUT2D eigenvalue weighted by Gasteiger charge is 2.07. The molecular formula is C16H17N3O. The predicted molar refractivity (Wildman–Crippen MR) is 79.7 cm³/mol. The van der Waals surface area contributed by atoms with Crippen molar-refractivity contribution in [2.24, 2.45) is 5.10 Å². The van der Waals surface area contributed by atoms with Gasteiger partial charge in [-0.15, -0.1) is 0 Å². The predicted octanol–water partition coefficient (Wildman–Crippen LogP) is 2.99. The Morgan fingerprint density at radius 3 is 2.65 bits per heavy atom. The molecule has 102 valence electrons. The van der Waals surface area contributed by atoms with Gasteiger partial charge >= 0.3 is 0 Å². The van der Waals surface area contributed by atoms with Gasteiger partial charge in [-0.2, -0.15) is 5.10 Å². The summed E-state index contributed by atoms with van der Waals surface area (Å²) in [5.74, 6) is -0.106. The van der Waals surface area contributed by atoms with Crippen LogP contribution in [0.1, 0.15) is 35.3 Å². The molecule has 0 radical (unpaired) electrons. The molecule has 1 amide bonds. The van der Waals surface area contributed by atoms with Crippen molar-refractivity contribution >= 4 is 12.1 Å². The van der Waals surface area contributed by atoms with E-state index in [0.29, 0.717) is 5.69 Å². The van der Waals surface area contributed by atoms with Gasteiger partial charge in [-0.05, 0) is 24.1 Å². The fourth-order valence-electron chi connectivity index (χ4n) is 1.87. The molecule has 1 heterocycles. The molecule has 0 saturated carbocycles. The molecule has 2 aromatic rings. The third kappa shape index (κ3) is 3.75. The molecule has 0 saturated heterocycles. The summed E-state index contributed by atoms with van der Waals surface area (Å²) >= 11 is 0. The highest BCUT2D eigenvalue weighted by Crippen LogP contribution is 2.16. The fraction of sp³-hybridized carbons (Fsp3) is 0.188. The molecule has 0 bridgehead atoms. The summed E-state index contributed by atoms with van der Waals surface area (Å²) in [6, 6.07) is 15.3. The summed E-state index contributed by atoms with van der Waals surface area (Å²) in [6.45, 7) is 2.09. The number of carbonyl (C=O) groups is 1. The minimum Gasteiger partial charge on any atom is -0.266 e. The van der Waals surface area contributed by atoms with E-state index in [1.807, 2.05) is 18.2 Å². The summed E-state index contributed by atoms with van der Waals surface area (Å²) < 4.78 is 0. The number of carbonyl (C=O) groups excluding carboxylic acids is 1. The SMILES string of the molecule is CCC(C=NNC(=O)c1ccccn1)c1ccccc1. The van der Waals surface area contributed by atoms with Crippen molar-refractivity contribution in [1.29, 1.82) is 0 Å². The number of rotatable bonds is 5. The number of amides is 1. The van der Waals surface area contributed by atoms with Gasteiger partial charge in [0.2, 0.25) is 0 Å². The molecule has 1 N–H and O–H groups in total. The molecule has 0 aliphatic carbocycles. The average molecular weight is 267 g/mol. The van der Waals surface area contributed by atoms with Gasteiger partial charge in [0.1, 0.15) is 5.69 Å². The maximum atomic E-state index is 11.8. The lowest BCUT2D eigenvalue weighted by molar-refractivity contribution is 0.0950. The van der Waals surface area contributed by atoms with E-state index in [9.17, 15) is 4.79 Å². The maximum Gasteiger partial charge on any atom is 0.289 e. The Hall–Kier alpha value is -2.49. The van der Waals surface area contributed by atoms with Crippen molar-refractivity contribution in [3.05, 3.63) is 66.0 Å². The van der Waals surface area contributed by atoms with Crippen LogP contribution in [0.5, 0.6) is 0 Å². The molecule has 0 aliphatic heterocycles. The highest BCUT2D eigenvalue weighted by molar-refractivity contribution is 5.92. The van der Waals surface area contributed by atoms with Gasteiger partial charge in [0.15, 0.2) is 0 Å². The van der Waals surface area contributed by atoms with E-state index in [4.69, 9.17) is 0 Å². The first-order chi connectivity index (χ1) is 9.81. The van der Waals surface area contributed by atoms with Crippen LogP contribution in [0, 0.1) is 0 Å². The van der Waals surface area contributed by atoms with Crippen molar-refractivity contribution in [2.75, 3.05) is 0 Å². The van der Waals surface area contributed by atoms with Crippen LogP contribution in [0.2, 0.25) is 0 Å². The fourth-order valence-corrected chi connectivity index (χ4v) is 1.87. The van der Waals surface area contributed by atoms with Crippen molar-refractivity contribution in [2.45, 2.75) is 19.3 Å². The van der Waals surface area contributed by atoms with Gasteiger partial charge in [-0.25, -0.2) is 5.43 Å². The Labute approximate surface area is 118 Å². The lowest BCUT2D eigenvalue weighted by Gasteiger charge is -2.09. The minimum atomic E-state index is -0.301. The first-order valence-electron chi connectivity index (χ1n) is 6.60. The third-order valence-corrected chi connectivity index (χ3v) is 2.99. The average Bonchev–Trinajstić information content (AvgIpc) is 2.53. The number of hydrogen-bond donors (Lipinski definition) is 1. The molecule has 2 rings (SSSR count). The van der Waals surface area contributed by atoms with Crippen LogP contribution >= 0.6 is 0 Å². The quantitative estimate of drug-likeness (QED) is 0.669. The second kappa shape index (κ2) is 7.19. The minimum absolute atomic E-state index is 0.195. The van der Waals surface area contributed by atoms with Crippen molar-refractivity contribution in [1.82, 2.24) is 10.4 Å². The van der Waals surface area contributed by atoms with Gasteiger partial charge in [0.05, 0.1) is 0 Å². The van der Waals surface area contributed by atoms with Crippen molar-refractivity contribution < 1.29 is 4.79 Å². The van der Waals surface area contributed by atoms with Gasteiger partial charge < -0.3 is 0 Å². The number of pyridine rings is 1. The Bertz CT molecular complexity index is 567. The zero-order valence-electron chi connectivity index (χ0n) is 11.4. The van der Waals surface area contributed by atoms with E-state index >= 15 is 0 Å². The summed E-state index contributed by atoms with van der Waals surface area (Å²) in [7, 11) is 0. The maximum absolute atomic E-state index is 11.8. The smallest absolute Gasteiger partial charge is 0.266 e. The molecule has 1 aromatic carbocycles. The first kappa shape index (κ1) is 13.9. The number of hydrazone groups is 1. The monoisotopic (exact) mass is 267 g/mol. The second-order valence-electron chi connectivity index (χ2n) is 4.36. The Kier molecular flexibility index (Phi) is 5.00. The Morgan fingerprint density at radius 2 is 2.00 bits per heavy atom. The van der Waals surface area contributed by atoms with E-state index in [-0.39, 0.29) is 11.8 Å². The summed E-state index contributed by atoms with van der Waals surface area (Å²) in [5.41, 5.74) is 4.05. The summed E-state index contributed by atoms with van der Waals surface area (Å²) in [4.78, 5) is 15.7. The number of nitrogens with zero attached hydrogens (tertiary/aromatic N) is 2. The molecule has 4 heteroatoms. The number of hydrogen-bond acceptors (Lipinski definition) is 3. The molecule has 0 spiro atoms. The standard InChI is InChI=1S/C16H17N3O/c1-2-13(14-8-4-3-5-9-14)12-18-19-16(20)15-10-6-7-11-17-15/h3-13H,2H2,1H3,(H,19,20). The summed E-state index contributed by atoms with van der Waals surface area (Å²) in [6.07, 6.45) is 4.26. The normalized spacial score (nSPS) is 12.2. The van der Waals surface area contributed by atoms with Gasteiger partial charge in [-0.3, -0.25) is 9.78 Å². The molecule has 0 fully saturated rings. The molecule has 1 aromatic heterocycles. The van der Waals surface area contributed by atoms with E-state index in [1.165, 1.54) is 5.56 Å². The van der Waals surface area contributed by atoms with Gasteiger partial charge in [0.25, 0.3) is 5.91 Å². The molecular weight excluding hydrogens is 250 g/mol. The number of nitrogens with one attached hydrogen (secondary N) is 1. The highest BCUT2D eigenvalue weighted by atomic mass is 16.2. The van der Waals surface area contributed by atoms with Crippen LogP contribution in [-0.4, -0.2) is 17.1 Å². The number of aromatic nitrogens is 1. The largest absolute Gasteiger partial charge is 0.289 e. The second-order valence-corrected chi connectivity index (χ2v) is 4.36. The molecule has 1 unspecified atom stereocenters. The van der Waals surface area contributed by atoms with Crippen LogP contribution in [0.3, 0.4) is 0 Å². The molecule has 0 aliphatic rings. The van der Waals surface area contributed by atoms with Crippen molar-refractivity contribution in [3.8, 4) is 0 Å². The van der Waals surface area contributed by atoms with Crippen molar-refractivity contribution in [3.63, 3.8) is 0 Å². The first-order valence-corrected chi connectivity index (χ1v) is 6.60. The molecule has 4 nitrogen and oxygen atoms in total. The van der Waals surface area contributed by atoms with Crippen LogP contribution in [0.15, 0.2) is 59.8 Å². The topological polar surface area (TPSA) is 54.4 Å². The molecule has 1 atom stereocenters. The van der Waals surface area contributed by atoms with Crippen LogP contribution in [0.25, 0.3) is 0 Å². The van der Waals surface area contributed by atoms with E-state index < -0.39 is 0 Å². The Balaban J connectivity index is 1.97. The van der Waals surface area contributed by atoms with Crippen LogP contribution in [-0.2, 0) is 0 Å². The van der Waals surface area contributed by atoms with Gasteiger partial charge in [0, 0.05) is 18.3 Å². The van der Waals surface area contributed by atoms with Crippen LogP contribution < -0.4 is 5.43 Å². The Morgan fingerprint density at radius 1 is 1.25 bits per heavy atom. The third-order valence-electron chi connectivity index (χ3n) is 2.99. The van der Waals surface area contributed by atoms with Crippen LogP contribution in [0.4, 0.5) is 0 Å². The summed E-state index contributed by atoms with van der Waals surface area (Å²) in [5, 5.41) is 4.03. The number of benzene rings is 1. The van der Waals surface area contributed by atoms with E-state index in [0.717, 1.165) is 6.42 Å². The lowest BCUT2D eigenvalue weighted by Crippen LogP contribution is -2.19. The zero-order valence-corrected chi connectivity index (χ0v) is 11.4.